The SMILES string of the molecule is COCC(=O)NCc1cc2cc(Cl)c(C(C)C)cc2[nH]1. The molecule has 1 aromatic heterocycles. The van der Waals surface area contributed by atoms with Crippen LogP contribution in [0.15, 0.2) is 18.2 Å². The zero-order chi connectivity index (χ0) is 14.7. The van der Waals surface area contributed by atoms with Crippen LogP contribution in [0.1, 0.15) is 31.0 Å². The number of H-pyrrole nitrogens is 1. The maximum Gasteiger partial charge on any atom is 0.246 e. The number of benzene rings is 1. The van der Waals surface area contributed by atoms with Crippen LogP contribution in [0.2, 0.25) is 5.02 Å². The van der Waals surface area contributed by atoms with E-state index in [1.165, 1.54) is 7.11 Å². The molecular weight excluding hydrogens is 276 g/mol. The van der Waals surface area contributed by atoms with Crippen LogP contribution in [-0.4, -0.2) is 24.6 Å². The number of aromatic amines is 1. The Labute approximate surface area is 123 Å². The number of carbonyl (C=O) groups excluding carboxylic acids is 1. The third-order valence-electron chi connectivity index (χ3n) is 3.17. The number of fused-ring (bicyclic) bond motifs is 1. The van der Waals surface area contributed by atoms with Crippen molar-refractivity contribution in [3.63, 3.8) is 0 Å². The predicted octanol–water partition coefficient (Wildman–Crippen LogP) is 3.21. The van der Waals surface area contributed by atoms with Crippen molar-refractivity contribution in [3.05, 3.63) is 34.5 Å². The molecule has 0 bridgehead atoms. The predicted molar refractivity (Wildman–Crippen MR) is 81.1 cm³/mol. The molecule has 1 heterocycles. The number of hydrogen-bond acceptors (Lipinski definition) is 2. The van der Waals surface area contributed by atoms with Gasteiger partial charge in [0.2, 0.25) is 5.91 Å². The number of ether oxygens (including phenoxy) is 1. The maximum atomic E-state index is 11.4. The minimum Gasteiger partial charge on any atom is -0.375 e. The molecule has 0 unspecified atom stereocenters. The largest absolute Gasteiger partial charge is 0.375 e. The molecular formula is C15H19ClN2O2. The highest BCUT2D eigenvalue weighted by Gasteiger charge is 2.09. The molecule has 0 radical (unpaired) electrons. The van der Waals surface area contributed by atoms with Gasteiger partial charge in [0.1, 0.15) is 6.61 Å². The van der Waals surface area contributed by atoms with E-state index in [1.807, 2.05) is 12.1 Å². The number of methoxy groups -OCH3 is 1. The number of hydrogen-bond donors (Lipinski definition) is 2. The van der Waals surface area contributed by atoms with Gasteiger partial charge in [0, 0.05) is 28.7 Å². The summed E-state index contributed by atoms with van der Waals surface area (Å²) < 4.78 is 4.77. The van der Waals surface area contributed by atoms with E-state index in [0.717, 1.165) is 27.2 Å². The van der Waals surface area contributed by atoms with E-state index < -0.39 is 0 Å². The van der Waals surface area contributed by atoms with Gasteiger partial charge in [0.15, 0.2) is 0 Å². The third-order valence-corrected chi connectivity index (χ3v) is 3.49. The summed E-state index contributed by atoms with van der Waals surface area (Å²) in [5, 5.41) is 4.62. The minimum absolute atomic E-state index is 0.0730. The fraction of sp³-hybridized carbons (Fsp3) is 0.400. The molecule has 1 aromatic carbocycles. The van der Waals surface area contributed by atoms with Crippen molar-refractivity contribution in [2.24, 2.45) is 0 Å². The van der Waals surface area contributed by atoms with Gasteiger partial charge in [0.25, 0.3) is 0 Å². The van der Waals surface area contributed by atoms with E-state index in [0.29, 0.717) is 12.5 Å². The summed E-state index contributed by atoms with van der Waals surface area (Å²) in [4.78, 5) is 14.7. The van der Waals surface area contributed by atoms with E-state index in [1.54, 1.807) is 0 Å². The molecule has 0 aliphatic heterocycles. The molecule has 5 heteroatoms. The van der Waals surface area contributed by atoms with Crippen molar-refractivity contribution in [2.45, 2.75) is 26.3 Å². The monoisotopic (exact) mass is 294 g/mol. The van der Waals surface area contributed by atoms with Crippen molar-refractivity contribution in [2.75, 3.05) is 13.7 Å². The molecule has 1 amide bonds. The van der Waals surface area contributed by atoms with Crippen molar-refractivity contribution < 1.29 is 9.53 Å². The lowest BCUT2D eigenvalue weighted by Crippen LogP contribution is -2.26. The topological polar surface area (TPSA) is 54.1 Å². The molecule has 0 saturated heterocycles. The molecule has 2 rings (SSSR count). The highest BCUT2D eigenvalue weighted by atomic mass is 35.5. The quantitative estimate of drug-likeness (QED) is 0.890. The van der Waals surface area contributed by atoms with Gasteiger partial charge in [0.05, 0.1) is 6.54 Å². The van der Waals surface area contributed by atoms with E-state index in [2.05, 4.69) is 30.2 Å². The highest BCUT2D eigenvalue weighted by Crippen LogP contribution is 2.29. The Hall–Kier alpha value is -1.52. The number of carbonyl (C=O) groups is 1. The van der Waals surface area contributed by atoms with E-state index in [-0.39, 0.29) is 12.5 Å². The van der Waals surface area contributed by atoms with Gasteiger partial charge in [-0.25, -0.2) is 0 Å². The third kappa shape index (κ3) is 3.32. The molecule has 2 aromatic rings. The number of amides is 1. The summed E-state index contributed by atoms with van der Waals surface area (Å²) in [6.07, 6.45) is 0. The lowest BCUT2D eigenvalue weighted by Gasteiger charge is -2.07. The Morgan fingerprint density at radius 3 is 2.80 bits per heavy atom. The van der Waals surface area contributed by atoms with Crippen molar-refractivity contribution in [1.82, 2.24) is 10.3 Å². The molecule has 0 aliphatic carbocycles. The lowest BCUT2D eigenvalue weighted by molar-refractivity contribution is -0.124. The van der Waals surface area contributed by atoms with Crippen LogP contribution >= 0.6 is 11.6 Å². The fourth-order valence-corrected chi connectivity index (χ4v) is 2.53. The Balaban J connectivity index is 2.19. The zero-order valence-corrected chi connectivity index (χ0v) is 12.7. The minimum atomic E-state index is -0.132. The second kappa shape index (κ2) is 6.29. The number of nitrogens with one attached hydrogen (secondary N) is 2. The molecule has 20 heavy (non-hydrogen) atoms. The van der Waals surface area contributed by atoms with Gasteiger partial charge in [-0.15, -0.1) is 0 Å². The van der Waals surface area contributed by atoms with Gasteiger partial charge in [-0.1, -0.05) is 25.4 Å². The average molecular weight is 295 g/mol. The average Bonchev–Trinajstić information content (AvgIpc) is 2.77. The van der Waals surface area contributed by atoms with Crippen LogP contribution in [0.4, 0.5) is 0 Å². The van der Waals surface area contributed by atoms with Crippen LogP contribution in [0.25, 0.3) is 10.9 Å². The summed E-state index contributed by atoms with van der Waals surface area (Å²) >= 11 is 6.28. The second-order valence-electron chi connectivity index (χ2n) is 5.12. The smallest absolute Gasteiger partial charge is 0.246 e. The highest BCUT2D eigenvalue weighted by molar-refractivity contribution is 6.32. The number of aromatic nitrogens is 1. The summed E-state index contributed by atoms with van der Waals surface area (Å²) in [7, 11) is 1.50. The number of rotatable bonds is 5. The van der Waals surface area contributed by atoms with E-state index in [4.69, 9.17) is 16.3 Å². The van der Waals surface area contributed by atoms with Gasteiger partial charge in [-0.05, 0) is 29.7 Å². The van der Waals surface area contributed by atoms with Gasteiger partial charge >= 0.3 is 0 Å². The first-order chi connectivity index (χ1) is 9.51. The summed E-state index contributed by atoms with van der Waals surface area (Å²) in [6.45, 7) is 4.75. The van der Waals surface area contributed by atoms with E-state index >= 15 is 0 Å². The van der Waals surface area contributed by atoms with Crippen molar-refractivity contribution in [1.29, 1.82) is 0 Å². The van der Waals surface area contributed by atoms with Crippen LogP contribution < -0.4 is 5.32 Å². The zero-order valence-electron chi connectivity index (χ0n) is 11.9. The Morgan fingerprint density at radius 2 is 2.15 bits per heavy atom. The Morgan fingerprint density at radius 1 is 1.40 bits per heavy atom. The molecule has 0 aliphatic rings. The second-order valence-corrected chi connectivity index (χ2v) is 5.53. The maximum absolute atomic E-state index is 11.4. The molecule has 0 spiro atoms. The lowest BCUT2D eigenvalue weighted by atomic mass is 10.0. The first-order valence-corrected chi connectivity index (χ1v) is 6.95. The first kappa shape index (κ1) is 14.9. The summed E-state index contributed by atoms with van der Waals surface area (Å²) in [5.74, 6) is 0.243. The molecule has 0 atom stereocenters. The van der Waals surface area contributed by atoms with Crippen LogP contribution in [0.3, 0.4) is 0 Å². The Bertz CT molecular complexity index is 620. The van der Waals surface area contributed by atoms with Crippen LogP contribution in [0.5, 0.6) is 0 Å². The van der Waals surface area contributed by atoms with E-state index in [9.17, 15) is 4.79 Å². The van der Waals surface area contributed by atoms with Gasteiger partial charge < -0.3 is 15.0 Å². The van der Waals surface area contributed by atoms with Crippen LogP contribution in [0, 0.1) is 0 Å². The first-order valence-electron chi connectivity index (χ1n) is 6.58. The molecule has 0 fully saturated rings. The fourth-order valence-electron chi connectivity index (χ4n) is 2.14. The van der Waals surface area contributed by atoms with Crippen LogP contribution in [-0.2, 0) is 16.1 Å². The summed E-state index contributed by atoms with van der Waals surface area (Å²) in [6, 6.07) is 6.03. The van der Waals surface area contributed by atoms with Gasteiger partial charge in [-0.2, -0.15) is 0 Å². The molecule has 0 saturated carbocycles. The van der Waals surface area contributed by atoms with Crippen molar-refractivity contribution >= 4 is 28.4 Å². The number of halogens is 1. The normalized spacial score (nSPS) is 11.2. The molecule has 4 nitrogen and oxygen atoms in total. The molecule has 108 valence electrons. The molecule has 2 N–H and O–H groups in total. The Kier molecular flexibility index (Phi) is 4.68. The van der Waals surface area contributed by atoms with Crippen molar-refractivity contribution in [3.8, 4) is 0 Å². The van der Waals surface area contributed by atoms with Gasteiger partial charge in [-0.3, -0.25) is 4.79 Å². The summed E-state index contributed by atoms with van der Waals surface area (Å²) in [5.41, 5.74) is 3.10. The standard InChI is InChI=1S/C15H19ClN2O2/c1-9(2)12-6-14-10(5-13(12)16)4-11(18-14)7-17-15(19)8-20-3/h4-6,9,18H,7-8H2,1-3H3,(H,17,19).